The molecule has 1 fully saturated rings. The first kappa shape index (κ1) is 27.0. The van der Waals surface area contributed by atoms with E-state index >= 15 is 0 Å². The molecule has 0 saturated carbocycles. The second kappa shape index (κ2) is 12.9. The number of imidazole rings is 1. The van der Waals surface area contributed by atoms with Crippen LogP contribution in [0.2, 0.25) is 0 Å². The number of carboxylic acid groups (broad SMARTS) is 2. The van der Waals surface area contributed by atoms with Crippen LogP contribution in [0.5, 0.6) is 0 Å². The fourth-order valence-electron chi connectivity index (χ4n) is 3.34. The lowest BCUT2D eigenvalue weighted by molar-refractivity contribution is -0.134. The van der Waals surface area contributed by atoms with Gasteiger partial charge in [0.15, 0.2) is 11.5 Å². The number of carboxylic acids is 2. The molecule has 1 saturated heterocycles. The Labute approximate surface area is 206 Å². The third kappa shape index (κ3) is 7.68. The van der Waals surface area contributed by atoms with Crippen molar-refractivity contribution < 1.29 is 33.6 Å². The average molecular weight is 518 g/mol. The van der Waals surface area contributed by atoms with E-state index in [1.54, 1.807) is 6.33 Å². The molecule has 2 aromatic heterocycles. The highest BCUT2D eigenvalue weighted by molar-refractivity contribution is 7.56. The number of aliphatic carboxylic acids is 2. The van der Waals surface area contributed by atoms with E-state index in [1.807, 2.05) is 39.6 Å². The molecule has 1 aliphatic rings. The Hall–Kier alpha value is -3.64. The molecule has 3 heterocycles. The van der Waals surface area contributed by atoms with Crippen LogP contribution < -0.4 is 5.73 Å². The second-order valence-electron chi connectivity index (χ2n) is 7.61. The summed E-state index contributed by atoms with van der Waals surface area (Å²) < 4.78 is 28.5. The molecule has 192 valence electrons. The van der Waals surface area contributed by atoms with E-state index in [1.165, 1.54) is 6.33 Å². The summed E-state index contributed by atoms with van der Waals surface area (Å²) in [6, 6.07) is 9.98. The second-order valence-corrected chi connectivity index (χ2v) is 9.97. The summed E-state index contributed by atoms with van der Waals surface area (Å²) in [5.74, 6) is -2.17. The van der Waals surface area contributed by atoms with Gasteiger partial charge in [-0.25, -0.2) is 29.2 Å². The molecule has 0 aliphatic carbocycles. The summed E-state index contributed by atoms with van der Waals surface area (Å²) in [6.45, 7) is 2.70. The highest BCUT2D eigenvalue weighted by atomic mass is 31.2. The number of ether oxygens (including phenoxy) is 1. The molecule has 1 atom stereocenters. The normalized spacial score (nSPS) is 18.1. The van der Waals surface area contributed by atoms with Crippen LogP contribution in [0.3, 0.4) is 0 Å². The van der Waals surface area contributed by atoms with E-state index < -0.39 is 19.5 Å². The quantitative estimate of drug-likeness (QED) is 0.214. The van der Waals surface area contributed by atoms with Crippen molar-refractivity contribution in [1.82, 2.24) is 24.2 Å². The van der Waals surface area contributed by atoms with Crippen LogP contribution in [0, 0.1) is 0 Å². The number of nitrogens with two attached hydrogens (primary N) is 1. The number of nitrogen functional groups attached to an aromatic ring is 1. The van der Waals surface area contributed by atoms with E-state index in [0.717, 1.165) is 18.5 Å². The topological polar surface area (TPSA) is 183 Å². The molecular weight excluding hydrogens is 491 g/mol. The van der Waals surface area contributed by atoms with Gasteiger partial charge in [-0.15, -0.1) is 0 Å². The van der Waals surface area contributed by atoms with Gasteiger partial charge in [-0.1, -0.05) is 30.3 Å². The van der Waals surface area contributed by atoms with E-state index in [9.17, 15) is 14.2 Å². The minimum atomic E-state index is -3.01. The molecule has 1 aliphatic heterocycles. The highest BCUT2D eigenvalue weighted by Gasteiger charge is 2.35. The standard InChI is InChI=1S/C18H23N6O3P.C4H4O4/c19-17-16-18(21-12-20-17)23(13-22-16)8-10-26-14-28(25)24(7-4-9-27-28)11-15-5-2-1-3-6-15;5-3(6)1-2-4(7)8/h1-3,5-6,12-13H,4,7-11,14H2,(H2,19,20,21);1-2H,(H,5,6)(H,7,8)/b;2-1+. The highest BCUT2D eigenvalue weighted by Crippen LogP contribution is 2.53. The Bertz CT molecular complexity index is 1230. The number of anilines is 1. The first-order valence-electron chi connectivity index (χ1n) is 10.9. The van der Waals surface area contributed by atoms with Gasteiger partial charge < -0.3 is 29.8 Å². The lowest BCUT2D eigenvalue weighted by Crippen LogP contribution is -2.30. The SMILES string of the molecule is Nc1ncnc2c1ncn2CCOCP1(=O)OCCCN1Cc1ccccc1.O=C(O)/C=C/C(=O)O. The number of carbonyl (C=O) groups is 2. The first-order valence-corrected chi connectivity index (χ1v) is 12.7. The number of hydrogen-bond acceptors (Lipinski definition) is 9. The maximum atomic E-state index is 13.3. The summed E-state index contributed by atoms with van der Waals surface area (Å²) in [5.41, 5.74) is 8.13. The van der Waals surface area contributed by atoms with Crippen LogP contribution in [0.1, 0.15) is 12.0 Å². The number of rotatable bonds is 9. The summed E-state index contributed by atoms with van der Waals surface area (Å²) in [5, 5.41) is 15.6. The zero-order valence-electron chi connectivity index (χ0n) is 19.3. The van der Waals surface area contributed by atoms with Gasteiger partial charge in [-0.3, -0.25) is 4.57 Å². The van der Waals surface area contributed by atoms with Crippen LogP contribution in [-0.4, -0.2) is 72.4 Å². The van der Waals surface area contributed by atoms with E-state index in [-0.39, 0.29) is 6.35 Å². The maximum Gasteiger partial charge on any atom is 0.328 e. The molecule has 14 heteroatoms. The van der Waals surface area contributed by atoms with Crippen LogP contribution in [0.15, 0.2) is 55.1 Å². The number of nitrogens with zero attached hydrogens (tertiary/aromatic N) is 5. The van der Waals surface area contributed by atoms with Crippen molar-refractivity contribution in [3.63, 3.8) is 0 Å². The molecule has 13 nitrogen and oxygen atoms in total. The molecule has 4 rings (SSSR count). The molecule has 36 heavy (non-hydrogen) atoms. The predicted molar refractivity (Wildman–Crippen MR) is 130 cm³/mol. The van der Waals surface area contributed by atoms with Crippen molar-refractivity contribution in [2.75, 3.05) is 31.8 Å². The zero-order valence-corrected chi connectivity index (χ0v) is 20.2. The third-order valence-corrected chi connectivity index (χ3v) is 7.32. The molecule has 1 aromatic carbocycles. The monoisotopic (exact) mass is 518 g/mol. The molecule has 1 unspecified atom stereocenters. The Morgan fingerprint density at radius 3 is 2.56 bits per heavy atom. The van der Waals surface area contributed by atoms with Crippen molar-refractivity contribution in [2.24, 2.45) is 0 Å². The molecular formula is C22H27N6O7P. The van der Waals surface area contributed by atoms with E-state index in [4.69, 9.17) is 25.2 Å². The smallest absolute Gasteiger partial charge is 0.328 e. The minimum absolute atomic E-state index is 0.0591. The van der Waals surface area contributed by atoms with E-state index in [2.05, 4.69) is 15.0 Å². The van der Waals surface area contributed by atoms with Crippen LogP contribution in [0.4, 0.5) is 5.82 Å². The molecule has 0 amide bonds. The van der Waals surface area contributed by atoms with Crippen molar-refractivity contribution in [3.8, 4) is 0 Å². The van der Waals surface area contributed by atoms with Gasteiger partial charge in [0.1, 0.15) is 18.2 Å². The first-order chi connectivity index (χ1) is 17.3. The van der Waals surface area contributed by atoms with Crippen molar-refractivity contribution in [2.45, 2.75) is 19.5 Å². The number of benzene rings is 1. The number of hydrogen-bond donors (Lipinski definition) is 3. The van der Waals surface area contributed by atoms with Gasteiger partial charge in [0.2, 0.25) is 0 Å². The Morgan fingerprint density at radius 1 is 1.14 bits per heavy atom. The Morgan fingerprint density at radius 2 is 1.86 bits per heavy atom. The Kier molecular flexibility index (Phi) is 9.65. The summed E-state index contributed by atoms with van der Waals surface area (Å²) in [4.78, 5) is 31.5. The Balaban J connectivity index is 0.000000392. The number of aromatic nitrogens is 4. The molecule has 3 aromatic rings. The summed E-state index contributed by atoms with van der Waals surface area (Å²) in [7, 11) is -3.01. The van der Waals surface area contributed by atoms with Gasteiger partial charge >= 0.3 is 11.9 Å². The molecule has 0 bridgehead atoms. The van der Waals surface area contributed by atoms with Crippen LogP contribution >= 0.6 is 7.52 Å². The van der Waals surface area contributed by atoms with Gasteiger partial charge in [-0.2, -0.15) is 0 Å². The summed E-state index contributed by atoms with van der Waals surface area (Å²) in [6.07, 6.45) is 5.10. The van der Waals surface area contributed by atoms with Crippen molar-refractivity contribution in [1.29, 1.82) is 0 Å². The van der Waals surface area contributed by atoms with Crippen molar-refractivity contribution in [3.05, 3.63) is 60.7 Å². The minimum Gasteiger partial charge on any atom is -0.478 e. The molecule has 0 spiro atoms. The fourth-order valence-corrected chi connectivity index (χ4v) is 5.34. The largest absolute Gasteiger partial charge is 0.478 e. The zero-order chi connectivity index (χ0) is 26.0. The number of fused-ring (bicyclic) bond motifs is 1. The third-order valence-electron chi connectivity index (χ3n) is 5.02. The van der Waals surface area contributed by atoms with E-state index in [0.29, 0.717) is 55.4 Å². The lowest BCUT2D eigenvalue weighted by atomic mass is 10.2. The average Bonchev–Trinajstić information content (AvgIpc) is 3.28. The fraction of sp³-hybridized carbons (Fsp3) is 0.318. The maximum absolute atomic E-state index is 13.3. The van der Waals surface area contributed by atoms with Gasteiger partial charge in [0.25, 0.3) is 7.52 Å². The molecule has 4 N–H and O–H groups in total. The molecule has 0 radical (unpaired) electrons. The van der Waals surface area contributed by atoms with Crippen LogP contribution in [-0.2, 0) is 36.5 Å². The van der Waals surface area contributed by atoms with Crippen LogP contribution in [0.25, 0.3) is 11.2 Å². The van der Waals surface area contributed by atoms with Gasteiger partial charge in [-0.05, 0) is 12.0 Å². The van der Waals surface area contributed by atoms with Crippen molar-refractivity contribution >= 4 is 36.4 Å². The summed E-state index contributed by atoms with van der Waals surface area (Å²) >= 11 is 0. The van der Waals surface area contributed by atoms with Gasteiger partial charge in [0, 0.05) is 31.8 Å². The lowest BCUT2D eigenvalue weighted by Gasteiger charge is -2.34. The predicted octanol–water partition coefficient (Wildman–Crippen LogP) is 2.21. The van der Waals surface area contributed by atoms with Gasteiger partial charge in [0.05, 0.1) is 19.5 Å².